The van der Waals surface area contributed by atoms with Crippen molar-refractivity contribution in [1.82, 2.24) is 0 Å². The van der Waals surface area contributed by atoms with Gasteiger partial charge in [0.25, 0.3) is 0 Å². The average molecular weight is 289 g/mol. The van der Waals surface area contributed by atoms with Crippen LogP contribution in [0.15, 0.2) is 0 Å². The second-order valence-corrected chi connectivity index (χ2v) is 12.6. The first-order valence-corrected chi connectivity index (χ1v) is 10.7. The van der Waals surface area contributed by atoms with Crippen molar-refractivity contribution < 1.29 is 9.53 Å². The van der Waals surface area contributed by atoms with Crippen molar-refractivity contribution in [2.75, 3.05) is 6.61 Å². The van der Waals surface area contributed by atoms with Crippen molar-refractivity contribution in [2.45, 2.75) is 85.0 Å². The standard InChI is InChI=1S/C16H36O2Si/c1-13(10-9-11-14(2)15(3)17)12-18-19(7,8)16(4,5)6/h13-15,17H,9-12H2,1-8H3/t13-,14+,15+/m1/s1. The third-order valence-corrected chi connectivity index (χ3v) is 9.22. The van der Waals surface area contributed by atoms with E-state index in [1.54, 1.807) is 0 Å². The number of aliphatic hydroxyl groups is 1. The summed E-state index contributed by atoms with van der Waals surface area (Å²) in [5.41, 5.74) is 0. The largest absolute Gasteiger partial charge is 0.417 e. The lowest BCUT2D eigenvalue weighted by Crippen LogP contribution is -2.41. The fourth-order valence-corrected chi connectivity index (χ4v) is 2.81. The maximum Gasteiger partial charge on any atom is 0.191 e. The Kier molecular flexibility index (Phi) is 7.85. The Balaban J connectivity index is 3.91. The normalized spacial score (nSPS) is 18.2. The van der Waals surface area contributed by atoms with E-state index in [1.807, 2.05) is 6.92 Å². The highest BCUT2D eigenvalue weighted by Crippen LogP contribution is 2.36. The highest BCUT2D eigenvalue weighted by Gasteiger charge is 2.37. The summed E-state index contributed by atoms with van der Waals surface area (Å²) in [7, 11) is -1.59. The smallest absolute Gasteiger partial charge is 0.191 e. The number of aliphatic hydroxyl groups excluding tert-OH is 1. The van der Waals surface area contributed by atoms with E-state index in [0.717, 1.165) is 13.0 Å². The Hall–Kier alpha value is 0.137. The lowest BCUT2D eigenvalue weighted by Gasteiger charge is -2.37. The van der Waals surface area contributed by atoms with Crippen LogP contribution >= 0.6 is 0 Å². The molecule has 1 N–H and O–H groups in total. The molecule has 0 fully saturated rings. The van der Waals surface area contributed by atoms with Gasteiger partial charge in [-0.2, -0.15) is 0 Å². The van der Waals surface area contributed by atoms with Crippen molar-refractivity contribution in [3.05, 3.63) is 0 Å². The van der Waals surface area contributed by atoms with Crippen LogP contribution in [0.25, 0.3) is 0 Å². The predicted octanol–water partition coefficient (Wildman–Crippen LogP) is 4.83. The highest BCUT2D eigenvalue weighted by atomic mass is 28.4. The monoisotopic (exact) mass is 288 g/mol. The Bertz CT molecular complexity index is 244. The summed E-state index contributed by atoms with van der Waals surface area (Å²) in [5, 5.41) is 9.77. The molecular weight excluding hydrogens is 252 g/mol. The molecule has 2 nitrogen and oxygen atoms in total. The molecule has 0 unspecified atom stereocenters. The molecule has 3 atom stereocenters. The van der Waals surface area contributed by atoms with Crippen LogP contribution < -0.4 is 0 Å². The molecule has 0 radical (unpaired) electrons. The van der Waals surface area contributed by atoms with Crippen molar-refractivity contribution in [2.24, 2.45) is 11.8 Å². The van der Waals surface area contributed by atoms with Gasteiger partial charge in [-0.05, 0) is 49.7 Å². The summed E-state index contributed by atoms with van der Waals surface area (Å²) in [5.74, 6) is 1.03. The lowest BCUT2D eigenvalue weighted by atomic mass is 9.96. The van der Waals surface area contributed by atoms with E-state index in [4.69, 9.17) is 4.43 Å². The molecule has 0 aromatic carbocycles. The minimum Gasteiger partial charge on any atom is -0.417 e. The summed E-state index contributed by atoms with van der Waals surface area (Å²) < 4.78 is 6.25. The molecule has 0 heterocycles. The Morgan fingerprint density at radius 3 is 2.00 bits per heavy atom. The van der Waals surface area contributed by atoms with E-state index in [1.165, 1.54) is 12.8 Å². The van der Waals surface area contributed by atoms with Crippen LogP contribution in [0.3, 0.4) is 0 Å². The van der Waals surface area contributed by atoms with Gasteiger partial charge in [0, 0.05) is 6.61 Å². The first kappa shape index (κ1) is 19.1. The van der Waals surface area contributed by atoms with Gasteiger partial charge < -0.3 is 9.53 Å². The Labute approximate surface area is 122 Å². The van der Waals surface area contributed by atoms with Gasteiger partial charge in [0.2, 0.25) is 0 Å². The average Bonchev–Trinajstić information content (AvgIpc) is 2.24. The van der Waals surface area contributed by atoms with Crippen molar-refractivity contribution in [3.8, 4) is 0 Å². The van der Waals surface area contributed by atoms with Crippen LogP contribution in [0.4, 0.5) is 0 Å². The van der Waals surface area contributed by atoms with Crippen LogP contribution in [-0.4, -0.2) is 26.1 Å². The van der Waals surface area contributed by atoms with E-state index in [9.17, 15) is 5.11 Å². The van der Waals surface area contributed by atoms with Crippen LogP contribution in [0.5, 0.6) is 0 Å². The topological polar surface area (TPSA) is 29.5 Å². The van der Waals surface area contributed by atoms with E-state index in [-0.39, 0.29) is 6.10 Å². The molecule has 0 amide bonds. The van der Waals surface area contributed by atoms with Gasteiger partial charge in [-0.25, -0.2) is 0 Å². The summed E-state index contributed by atoms with van der Waals surface area (Å²) in [6.45, 7) is 18.7. The van der Waals surface area contributed by atoms with Gasteiger partial charge in [-0.3, -0.25) is 0 Å². The Morgan fingerprint density at radius 2 is 1.58 bits per heavy atom. The molecule has 0 aliphatic rings. The molecule has 0 bridgehead atoms. The highest BCUT2D eigenvalue weighted by molar-refractivity contribution is 6.74. The number of rotatable bonds is 8. The van der Waals surface area contributed by atoms with Gasteiger partial charge in [0.1, 0.15) is 0 Å². The molecule has 0 saturated heterocycles. The molecular formula is C16H36O2Si. The zero-order chi connectivity index (χ0) is 15.3. The quantitative estimate of drug-likeness (QED) is 0.648. The maximum atomic E-state index is 9.47. The van der Waals surface area contributed by atoms with Crippen molar-refractivity contribution >= 4 is 8.32 Å². The minimum absolute atomic E-state index is 0.182. The molecule has 3 heteroatoms. The van der Waals surface area contributed by atoms with E-state index < -0.39 is 8.32 Å². The zero-order valence-electron chi connectivity index (χ0n) is 14.4. The molecule has 0 aliphatic carbocycles. The first-order chi connectivity index (χ1) is 8.47. The number of hydrogen-bond acceptors (Lipinski definition) is 2. The molecule has 116 valence electrons. The summed E-state index contributed by atoms with van der Waals surface area (Å²) in [6, 6.07) is 0. The molecule has 0 rings (SSSR count). The van der Waals surface area contributed by atoms with Crippen LogP contribution in [0, 0.1) is 11.8 Å². The maximum absolute atomic E-state index is 9.47. The van der Waals surface area contributed by atoms with Gasteiger partial charge >= 0.3 is 0 Å². The molecule has 0 saturated carbocycles. The van der Waals surface area contributed by atoms with Crippen LogP contribution in [0.1, 0.15) is 60.8 Å². The summed E-state index contributed by atoms with van der Waals surface area (Å²) in [4.78, 5) is 0. The fraction of sp³-hybridized carbons (Fsp3) is 1.00. The fourth-order valence-electron chi connectivity index (χ4n) is 1.68. The van der Waals surface area contributed by atoms with Gasteiger partial charge in [-0.15, -0.1) is 0 Å². The van der Waals surface area contributed by atoms with Crippen LogP contribution in [0.2, 0.25) is 18.1 Å². The molecule has 0 aliphatic heterocycles. The lowest BCUT2D eigenvalue weighted by molar-refractivity contribution is 0.126. The summed E-state index contributed by atoms with van der Waals surface area (Å²) >= 11 is 0. The first-order valence-electron chi connectivity index (χ1n) is 7.79. The molecule has 19 heavy (non-hydrogen) atoms. The summed E-state index contributed by atoms with van der Waals surface area (Å²) in [6.07, 6.45) is 3.32. The predicted molar refractivity (Wildman–Crippen MR) is 87.0 cm³/mol. The third kappa shape index (κ3) is 7.47. The third-order valence-electron chi connectivity index (χ3n) is 4.71. The van der Waals surface area contributed by atoms with Crippen LogP contribution in [-0.2, 0) is 4.43 Å². The zero-order valence-corrected chi connectivity index (χ0v) is 15.4. The second-order valence-electron chi connectivity index (χ2n) is 7.83. The SMILES string of the molecule is C[C@H](CCC[C@H](C)[C@H](C)O)CO[Si](C)(C)C(C)(C)C. The molecule has 0 aromatic heterocycles. The molecule has 0 aromatic rings. The van der Waals surface area contributed by atoms with E-state index in [2.05, 4.69) is 47.7 Å². The Morgan fingerprint density at radius 1 is 1.05 bits per heavy atom. The second kappa shape index (κ2) is 7.80. The van der Waals surface area contributed by atoms with E-state index in [0.29, 0.717) is 16.9 Å². The number of hydrogen-bond donors (Lipinski definition) is 1. The van der Waals surface area contributed by atoms with Gasteiger partial charge in [0.05, 0.1) is 6.10 Å². The van der Waals surface area contributed by atoms with Crippen molar-refractivity contribution in [3.63, 3.8) is 0 Å². The minimum atomic E-state index is -1.59. The van der Waals surface area contributed by atoms with Gasteiger partial charge in [-0.1, -0.05) is 41.0 Å². The van der Waals surface area contributed by atoms with Gasteiger partial charge in [0.15, 0.2) is 8.32 Å². The van der Waals surface area contributed by atoms with Crippen molar-refractivity contribution in [1.29, 1.82) is 0 Å². The van der Waals surface area contributed by atoms with E-state index >= 15 is 0 Å². The molecule has 0 spiro atoms.